The lowest BCUT2D eigenvalue weighted by atomic mass is 10.1. The van der Waals surface area contributed by atoms with Crippen LogP contribution in [-0.4, -0.2) is 25.3 Å². The third-order valence-corrected chi connectivity index (χ3v) is 3.27. The number of aromatic nitrogens is 4. The summed E-state index contributed by atoms with van der Waals surface area (Å²) in [6.45, 7) is -1.36. The van der Waals surface area contributed by atoms with Crippen molar-refractivity contribution in [1.82, 2.24) is 19.1 Å². The lowest BCUT2D eigenvalue weighted by Crippen LogP contribution is -2.28. The molecule has 3 rings (SSSR count). The summed E-state index contributed by atoms with van der Waals surface area (Å²) in [5.74, 6) is 0. The van der Waals surface area contributed by atoms with Crippen molar-refractivity contribution in [2.45, 2.75) is 12.7 Å². The van der Waals surface area contributed by atoms with Gasteiger partial charge in [0.2, 0.25) is 0 Å². The number of aryl methyl sites for hydroxylation is 1. The Kier molecular flexibility index (Phi) is 3.23. The van der Waals surface area contributed by atoms with E-state index in [-0.39, 0.29) is 5.39 Å². The second kappa shape index (κ2) is 4.97. The molecule has 3 aromatic heterocycles. The van der Waals surface area contributed by atoms with Crippen molar-refractivity contribution < 1.29 is 13.2 Å². The molecule has 0 fully saturated rings. The molecule has 0 aliphatic carbocycles. The molecule has 5 nitrogen and oxygen atoms in total. The van der Waals surface area contributed by atoms with Gasteiger partial charge in [-0.25, -0.2) is 4.98 Å². The predicted octanol–water partition coefficient (Wildman–Crippen LogP) is 2.36. The summed E-state index contributed by atoms with van der Waals surface area (Å²) in [5, 5.41) is 0.155. The molecule has 0 aromatic carbocycles. The van der Waals surface area contributed by atoms with Gasteiger partial charge in [-0.3, -0.25) is 14.3 Å². The van der Waals surface area contributed by atoms with Gasteiger partial charge in [-0.1, -0.05) is 6.07 Å². The average Bonchev–Trinajstić information content (AvgIpc) is 2.80. The molecule has 0 unspecified atom stereocenters. The Morgan fingerprint density at radius 1 is 1.32 bits per heavy atom. The zero-order valence-corrected chi connectivity index (χ0v) is 11.5. The minimum Gasteiger partial charge on any atom is -0.335 e. The van der Waals surface area contributed by atoms with E-state index in [2.05, 4.69) is 9.97 Å². The van der Waals surface area contributed by atoms with E-state index in [1.54, 1.807) is 42.3 Å². The van der Waals surface area contributed by atoms with Gasteiger partial charge < -0.3 is 4.57 Å². The molecule has 0 aliphatic rings. The Morgan fingerprint density at radius 3 is 2.73 bits per heavy atom. The minimum atomic E-state index is -4.48. The lowest BCUT2D eigenvalue weighted by molar-refractivity contribution is -0.141. The van der Waals surface area contributed by atoms with Crippen LogP contribution in [0.4, 0.5) is 13.2 Å². The van der Waals surface area contributed by atoms with E-state index >= 15 is 0 Å². The van der Waals surface area contributed by atoms with Crippen molar-refractivity contribution in [3.63, 3.8) is 0 Å². The van der Waals surface area contributed by atoms with Gasteiger partial charge in [-0.2, -0.15) is 13.2 Å². The molecule has 8 heteroatoms. The number of hydrogen-bond donors (Lipinski definition) is 0. The molecule has 0 aliphatic heterocycles. The Balaban J connectivity index is 2.27. The summed E-state index contributed by atoms with van der Waals surface area (Å²) < 4.78 is 39.8. The quantitative estimate of drug-likeness (QED) is 0.730. The zero-order valence-electron chi connectivity index (χ0n) is 11.5. The largest absolute Gasteiger partial charge is 0.406 e. The highest BCUT2D eigenvalue weighted by molar-refractivity contribution is 5.93. The molecule has 0 N–H and O–H groups in total. The van der Waals surface area contributed by atoms with Crippen molar-refractivity contribution in [3.05, 3.63) is 47.4 Å². The second-order valence-corrected chi connectivity index (χ2v) is 4.89. The van der Waals surface area contributed by atoms with E-state index in [0.29, 0.717) is 21.3 Å². The van der Waals surface area contributed by atoms with Crippen molar-refractivity contribution >= 4 is 11.0 Å². The molecular weight excluding hydrogens is 297 g/mol. The topological polar surface area (TPSA) is 52.7 Å². The first-order valence-corrected chi connectivity index (χ1v) is 6.38. The first-order valence-electron chi connectivity index (χ1n) is 6.38. The smallest absolute Gasteiger partial charge is 0.335 e. The summed E-state index contributed by atoms with van der Waals surface area (Å²) in [4.78, 5) is 20.4. The molecular formula is C14H11F3N4O. The molecule has 0 amide bonds. The maximum Gasteiger partial charge on any atom is 0.406 e. The van der Waals surface area contributed by atoms with Crippen molar-refractivity contribution in [2.75, 3.05) is 0 Å². The molecule has 0 bridgehead atoms. The summed E-state index contributed by atoms with van der Waals surface area (Å²) in [6, 6.07) is 3.43. The number of alkyl halides is 3. The number of halogens is 3. The summed E-state index contributed by atoms with van der Waals surface area (Å²) in [7, 11) is 1.68. The highest BCUT2D eigenvalue weighted by Crippen LogP contribution is 2.26. The van der Waals surface area contributed by atoms with E-state index in [1.807, 2.05) is 0 Å². The molecule has 0 saturated carbocycles. The minimum absolute atomic E-state index is 0.155. The first kappa shape index (κ1) is 14.3. The number of nitrogens with zero attached hydrogens (tertiary/aromatic N) is 4. The highest BCUT2D eigenvalue weighted by atomic mass is 19.4. The fraction of sp³-hybridized carbons (Fsp3) is 0.214. The Morgan fingerprint density at radius 2 is 2.09 bits per heavy atom. The fourth-order valence-electron chi connectivity index (χ4n) is 2.35. The summed E-state index contributed by atoms with van der Waals surface area (Å²) in [5.41, 5.74) is 0.778. The van der Waals surface area contributed by atoms with Gasteiger partial charge in [0.1, 0.15) is 18.5 Å². The van der Waals surface area contributed by atoms with Crippen LogP contribution in [0, 0.1) is 0 Å². The molecule has 22 heavy (non-hydrogen) atoms. The fourth-order valence-corrected chi connectivity index (χ4v) is 2.35. The molecule has 3 heterocycles. The van der Waals surface area contributed by atoms with Gasteiger partial charge in [0.15, 0.2) is 0 Å². The molecule has 0 spiro atoms. The van der Waals surface area contributed by atoms with Gasteiger partial charge in [0, 0.05) is 36.8 Å². The maximum absolute atomic E-state index is 12.5. The monoisotopic (exact) mass is 308 g/mol. The van der Waals surface area contributed by atoms with E-state index in [1.165, 1.54) is 0 Å². The molecule has 0 radical (unpaired) electrons. The van der Waals surface area contributed by atoms with Crippen molar-refractivity contribution in [2.24, 2.45) is 7.05 Å². The summed E-state index contributed by atoms with van der Waals surface area (Å²) in [6.07, 6.45) is 1.23. The highest BCUT2D eigenvalue weighted by Gasteiger charge is 2.29. The van der Waals surface area contributed by atoms with Crippen LogP contribution in [0.25, 0.3) is 22.2 Å². The van der Waals surface area contributed by atoms with Crippen LogP contribution in [0.5, 0.6) is 0 Å². The normalized spacial score (nSPS) is 12.0. The molecule has 3 aromatic rings. The van der Waals surface area contributed by atoms with Crippen LogP contribution in [-0.2, 0) is 13.6 Å². The SMILES string of the molecule is Cn1cc(-c2cccnc2)c2c(=O)n(CC(F)(F)F)cnc21. The van der Waals surface area contributed by atoms with Gasteiger partial charge in [-0.15, -0.1) is 0 Å². The van der Waals surface area contributed by atoms with Gasteiger partial charge in [-0.05, 0) is 6.07 Å². The van der Waals surface area contributed by atoms with Crippen molar-refractivity contribution in [3.8, 4) is 11.1 Å². The van der Waals surface area contributed by atoms with Crippen LogP contribution in [0.3, 0.4) is 0 Å². The Hall–Kier alpha value is -2.64. The predicted molar refractivity (Wildman–Crippen MR) is 74.3 cm³/mol. The average molecular weight is 308 g/mol. The van der Waals surface area contributed by atoms with Gasteiger partial charge >= 0.3 is 6.18 Å². The van der Waals surface area contributed by atoms with E-state index in [9.17, 15) is 18.0 Å². The molecule has 0 saturated heterocycles. The lowest BCUT2D eigenvalue weighted by Gasteiger charge is -2.09. The van der Waals surface area contributed by atoms with Crippen LogP contribution in [0.2, 0.25) is 0 Å². The van der Waals surface area contributed by atoms with E-state index < -0.39 is 18.3 Å². The second-order valence-electron chi connectivity index (χ2n) is 4.89. The molecule has 114 valence electrons. The maximum atomic E-state index is 12.5. The number of pyridine rings is 1. The first-order chi connectivity index (χ1) is 10.4. The summed E-state index contributed by atoms with van der Waals surface area (Å²) >= 11 is 0. The molecule has 0 atom stereocenters. The Labute approximate surface area is 122 Å². The zero-order chi connectivity index (χ0) is 15.9. The van der Waals surface area contributed by atoms with Gasteiger partial charge in [0.05, 0.1) is 5.39 Å². The van der Waals surface area contributed by atoms with Gasteiger partial charge in [0.25, 0.3) is 5.56 Å². The van der Waals surface area contributed by atoms with Crippen LogP contribution in [0.15, 0.2) is 41.8 Å². The van der Waals surface area contributed by atoms with E-state index in [4.69, 9.17) is 0 Å². The van der Waals surface area contributed by atoms with Crippen LogP contribution >= 0.6 is 0 Å². The standard InChI is InChI=1S/C14H11F3N4O/c1-20-6-10(9-3-2-4-18-5-9)11-12(20)19-8-21(13(11)22)7-14(15,16)17/h2-6,8H,7H2,1H3. The third kappa shape index (κ3) is 2.47. The Bertz CT molecular complexity index is 881. The van der Waals surface area contributed by atoms with Crippen molar-refractivity contribution in [1.29, 1.82) is 0 Å². The third-order valence-electron chi connectivity index (χ3n) is 3.27. The van der Waals surface area contributed by atoms with Crippen LogP contribution in [0.1, 0.15) is 0 Å². The van der Waals surface area contributed by atoms with Crippen LogP contribution < -0.4 is 5.56 Å². The number of fused-ring (bicyclic) bond motifs is 1. The number of rotatable bonds is 2. The number of hydrogen-bond acceptors (Lipinski definition) is 3. The van der Waals surface area contributed by atoms with E-state index in [0.717, 1.165) is 6.33 Å².